The van der Waals surface area contributed by atoms with Crippen LogP contribution in [0.1, 0.15) is 5.56 Å². The van der Waals surface area contributed by atoms with E-state index in [0.717, 1.165) is 62.1 Å². The minimum atomic E-state index is 0.250. The highest BCUT2D eigenvalue weighted by Crippen LogP contribution is 2.31. The Morgan fingerprint density at radius 3 is 2.43 bits per heavy atom. The maximum absolute atomic E-state index is 5.63. The van der Waals surface area contributed by atoms with Gasteiger partial charge in [0.25, 0.3) is 6.02 Å². The average molecular weight is 406 g/mol. The Kier molecular flexibility index (Phi) is 5.04. The van der Waals surface area contributed by atoms with Crippen molar-refractivity contribution in [2.24, 2.45) is 9.98 Å². The number of benzene rings is 2. The number of para-hydroxylation sites is 1. The number of rotatable bonds is 4. The van der Waals surface area contributed by atoms with Crippen molar-refractivity contribution in [1.82, 2.24) is 9.80 Å². The first-order valence-electron chi connectivity index (χ1n) is 10.4. The number of fused-ring (bicyclic) bond motifs is 3. The van der Waals surface area contributed by atoms with E-state index in [1.54, 1.807) is 14.2 Å². The van der Waals surface area contributed by atoms with Crippen LogP contribution in [0.2, 0.25) is 0 Å². The molecule has 1 fully saturated rings. The topological polar surface area (TPSA) is 52.9 Å². The van der Waals surface area contributed by atoms with Gasteiger partial charge in [0.1, 0.15) is 11.6 Å². The van der Waals surface area contributed by atoms with E-state index in [2.05, 4.69) is 32.9 Å². The molecule has 0 spiro atoms. The van der Waals surface area contributed by atoms with E-state index in [1.165, 1.54) is 5.69 Å². The number of nitrogens with zero attached hydrogens (tertiary/aromatic N) is 5. The van der Waals surface area contributed by atoms with Gasteiger partial charge in [-0.2, -0.15) is 4.99 Å². The van der Waals surface area contributed by atoms with Crippen LogP contribution in [0.15, 0.2) is 58.5 Å². The first kappa shape index (κ1) is 18.9. The molecule has 5 rings (SSSR count). The second kappa shape index (κ2) is 7.99. The summed E-state index contributed by atoms with van der Waals surface area (Å²) in [6.45, 7) is 5.81. The molecule has 2 aromatic rings. The van der Waals surface area contributed by atoms with E-state index in [-0.39, 0.29) is 6.04 Å². The highest BCUT2D eigenvalue weighted by molar-refractivity contribution is 6.14. The highest BCUT2D eigenvalue weighted by atomic mass is 16.5. The van der Waals surface area contributed by atoms with Gasteiger partial charge >= 0.3 is 0 Å². The Labute approximate surface area is 177 Å². The van der Waals surface area contributed by atoms with Crippen molar-refractivity contribution in [3.63, 3.8) is 0 Å². The number of methoxy groups -OCH3 is 2. The first-order valence-corrected chi connectivity index (χ1v) is 10.4. The fourth-order valence-electron chi connectivity index (χ4n) is 4.46. The second-order valence-electron chi connectivity index (χ2n) is 7.79. The number of piperazine rings is 1. The van der Waals surface area contributed by atoms with Crippen LogP contribution in [0.3, 0.4) is 0 Å². The van der Waals surface area contributed by atoms with Crippen LogP contribution in [0.25, 0.3) is 0 Å². The molecule has 3 aliphatic rings. The number of hydrogen-bond acceptors (Lipinski definition) is 7. The molecule has 0 saturated carbocycles. The van der Waals surface area contributed by atoms with Gasteiger partial charge in [0.2, 0.25) is 0 Å². The fourth-order valence-corrected chi connectivity index (χ4v) is 4.46. The Morgan fingerprint density at radius 2 is 1.70 bits per heavy atom. The molecule has 0 radical (unpaired) electrons. The summed E-state index contributed by atoms with van der Waals surface area (Å²) in [6.07, 6.45) is 0. The van der Waals surface area contributed by atoms with Crippen LogP contribution < -0.4 is 9.64 Å². The number of ether oxygens (including phenoxy) is 2. The van der Waals surface area contributed by atoms with E-state index in [1.807, 2.05) is 30.3 Å². The molecule has 3 aliphatic heterocycles. The summed E-state index contributed by atoms with van der Waals surface area (Å²) in [7, 11) is 3.39. The molecule has 1 saturated heterocycles. The number of anilines is 1. The summed E-state index contributed by atoms with van der Waals surface area (Å²) in [4.78, 5) is 16.7. The van der Waals surface area contributed by atoms with Gasteiger partial charge in [-0.3, -0.25) is 14.8 Å². The zero-order chi connectivity index (χ0) is 20.5. The van der Waals surface area contributed by atoms with Gasteiger partial charge in [0.05, 0.1) is 32.5 Å². The van der Waals surface area contributed by atoms with Crippen molar-refractivity contribution in [3.8, 4) is 5.75 Å². The first-order chi connectivity index (χ1) is 14.8. The third kappa shape index (κ3) is 3.39. The normalized spacial score (nSPS) is 20.9. The van der Waals surface area contributed by atoms with Crippen molar-refractivity contribution in [1.29, 1.82) is 0 Å². The van der Waals surface area contributed by atoms with Crippen molar-refractivity contribution in [3.05, 3.63) is 54.1 Å². The predicted octanol–water partition coefficient (Wildman–Crippen LogP) is 2.60. The van der Waals surface area contributed by atoms with Crippen LogP contribution in [-0.4, -0.2) is 81.2 Å². The van der Waals surface area contributed by atoms with Crippen molar-refractivity contribution >= 4 is 23.2 Å². The van der Waals surface area contributed by atoms with E-state index < -0.39 is 0 Å². The molecule has 0 bridgehead atoms. The molecule has 0 aromatic heterocycles. The fraction of sp³-hybridized carbons (Fsp3) is 0.391. The van der Waals surface area contributed by atoms with Crippen LogP contribution in [0, 0.1) is 0 Å². The van der Waals surface area contributed by atoms with E-state index in [9.17, 15) is 0 Å². The summed E-state index contributed by atoms with van der Waals surface area (Å²) in [5.74, 6) is 1.88. The van der Waals surface area contributed by atoms with Crippen molar-refractivity contribution < 1.29 is 9.47 Å². The zero-order valence-electron chi connectivity index (χ0n) is 17.5. The molecule has 7 heteroatoms. The van der Waals surface area contributed by atoms with Crippen molar-refractivity contribution in [2.45, 2.75) is 6.04 Å². The maximum Gasteiger partial charge on any atom is 0.298 e. The number of amidine groups is 2. The van der Waals surface area contributed by atoms with Crippen LogP contribution in [-0.2, 0) is 4.74 Å². The van der Waals surface area contributed by atoms with Gasteiger partial charge < -0.3 is 14.4 Å². The molecule has 0 amide bonds. The van der Waals surface area contributed by atoms with Gasteiger partial charge in [0, 0.05) is 44.0 Å². The summed E-state index contributed by atoms with van der Waals surface area (Å²) < 4.78 is 10.9. The Hall–Kier alpha value is -3.06. The Morgan fingerprint density at radius 1 is 0.933 bits per heavy atom. The lowest BCUT2D eigenvalue weighted by molar-refractivity contribution is 0.207. The monoisotopic (exact) mass is 405 g/mol. The summed E-state index contributed by atoms with van der Waals surface area (Å²) in [5, 5.41) is 0. The lowest BCUT2D eigenvalue weighted by Crippen LogP contribution is -2.53. The SMILES string of the molecule is COC1=Nc2ccccc2C2=NCC(CN3CCN(c4ccc(OC)cc4)CC3)N12. The summed E-state index contributed by atoms with van der Waals surface area (Å²) in [6, 6.07) is 17.4. The zero-order valence-corrected chi connectivity index (χ0v) is 17.5. The van der Waals surface area contributed by atoms with E-state index in [0.29, 0.717) is 6.02 Å². The van der Waals surface area contributed by atoms with Crippen LogP contribution in [0.4, 0.5) is 11.4 Å². The molecule has 2 aromatic carbocycles. The summed E-state index contributed by atoms with van der Waals surface area (Å²) in [5.41, 5.74) is 3.27. The molecule has 156 valence electrons. The molecule has 0 N–H and O–H groups in total. The maximum atomic E-state index is 5.63. The molecule has 1 atom stereocenters. The molecule has 30 heavy (non-hydrogen) atoms. The predicted molar refractivity (Wildman–Crippen MR) is 119 cm³/mol. The van der Waals surface area contributed by atoms with Gasteiger partial charge in [-0.05, 0) is 36.4 Å². The Balaban J connectivity index is 1.24. The molecular weight excluding hydrogens is 378 g/mol. The molecular formula is C23H27N5O2. The largest absolute Gasteiger partial charge is 0.497 e. The molecule has 1 unspecified atom stereocenters. The highest BCUT2D eigenvalue weighted by Gasteiger charge is 2.38. The quantitative estimate of drug-likeness (QED) is 0.783. The van der Waals surface area contributed by atoms with Gasteiger partial charge in [0.15, 0.2) is 0 Å². The Bertz CT molecular complexity index is 964. The summed E-state index contributed by atoms with van der Waals surface area (Å²) >= 11 is 0. The van der Waals surface area contributed by atoms with E-state index in [4.69, 9.17) is 19.5 Å². The van der Waals surface area contributed by atoms with Crippen molar-refractivity contribution in [2.75, 3.05) is 58.4 Å². The lowest BCUT2D eigenvalue weighted by Gasteiger charge is -2.39. The molecule has 0 aliphatic carbocycles. The second-order valence-corrected chi connectivity index (χ2v) is 7.79. The van der Waals surface area contributed by atoms with Gasteiger partial charge in [-0.1, -0.05) is 12.1 Å². The lowest BCUT2D eigenvalue weighted by atomic mass is 10.1. The minimum absolute atomic E-state index is 0.250. The van der Waals surface area contributed by atoms with Gasteiger partial charge in [-0.15, -0.1) is 0 Å². The minimum Gasteiger partial charge on any atom is -0.497 e. The smallest absolute Gasteiger partial charge is 0.298 e. The third-order valence-corrected chi connectivity index (χ3v) is 6.07. The van der Waals surface area contributed by atoms with Gasteiger partial charge in [-0.25, -0.2) is 0 Å². The standard InChI is InChI=1S/C23H27N5O2/c1-29-19-9-7-17(8-10-19)27-13-11-26(12-14-27)16-18-15-24-22-20-5-3-4-6-21(20)25-23(30-2)28(18)22/h3-10,18H,11-16H2,1-2H3. The molecule has 3 heterocycles. The van der Waals surface area contributed by atoms with E-state index >= 15 is 0 Å². The average Bonchev–Trinajstić information content (AvgIpc) is 3.23. The number of aliphatic imine (C=N–C) groups is 2. The number of hydrogen-bond donors (Lipinski definition) is 0. The van der Waals surface area contributed by atoms with Crippen LogP contribution >= 0.6 is 0 Å². The van der Waals surface area contributed by atoms with Crippen LogP contribution in [0.5, 0.6) is 5.75 Å². The molecule has 7 nitrogen and oxygen atoms in total. The third-order valence-electron chi connectivity index (χ3n) is 6.07.